The zero-order valence-electron chi connectivity index (χ0n) is 10.6. The second-order valence-corrected chi connectivity index (χ2v) is 5.91. The average Bonchev–Trinajstić information content (AvgIpc) is 2.41. The van der Waals surface area contributed by atoms with E-state index in [1.54, 1.807) is 0 Å². The quantitative estimate of drug-likeness (QED) is 0.842. The van der Waals surface area contributed by atoms with Gasteiger partial charge in [-0.1, -0.05) is 29.8 Å². The maximum absolute atomic E-state index is 6.40. The fourth-order valence-corrected chi connectivity index (χ4v) is 3.82. The molecule has 0 amide bonds. The lowest BCUT2D eigenvalue weighted by atomic mass is 9.63. The molecule has 3 rings (SSSR count). The fraction of sp³-hybridized carbons (Fsp3) is 0.600. The van der Waals surface area contributed by atoms with Crippen LogP contribution in [0.4, 0.5) is 0 Å². The average molecular weight is 266 g/mol. The largest absolute Gasteiger partial charge is 0.381 e. The van der Waals surface area contributed by atoms with Crippen LogP contribution in [0.15, 0.2) is 24.3 Å². The van der Waals surface area contributed by atoms with Crippen molar-refractivity contribution >= 4 is 11.6 Å². The smallest absolute Gasteiger partial charge is 0.0471 e. The van der Waals surface area contributed by atoms with Crippen molar-refractivity contribution in [3.63, 3.8) is 0 Å². The van der Waals surface area contributed by atoms with E-state index in [4.69, 9.17) is 16.3 Å². The van der Waals surface area contributed by atoms with Crippen LogP contribution in [-0.2, 0) is 4.74 Å². The zero-order chi connectivity index (χ0) is 12.4. The Labute approximate surface area is 114 Å². The molecule has 2 aliphatic rings. The maximum Gasteiger partial charge on any atom is 0.0471 e. The number of ether oxygens (including phenoxy) is 1. The van der Waals surface area contributed by atoms with Crippen LogP contribution in [0.3, 0.4) is 0 Å². The highest BCUT2D eigenvalue weighted by Crippen LogP contribution is 2.49. The molecule has 1 aromatic carbocycles. The van der Waals surface area contributed by atoms with E-state index < -0.39 is 0 Å². The van der Waals surface area contributed by atoms with Crippen LogP contribution < -0.4 is 5.32 Å². The molecule has 1 aromatic rings. The SMILES string of the molecule is Clc1ccccc1C1CNCCC12CCOCC2. The van der Waals surface area contributed by atoms with E-state index in [0.717, 1.165) is 31.3 Å². The number of nitrogens with one attached hydrogen (secondary N) is 1. The van der Waals surface area contributed by atoms with Crippen molar-refractivity contribution in [3.05, 3.63) is 34.9 Å². The molecule has 2 fully saturated rings. The molecule has 2 nitrogen and oxygen atoms in total. The van der Waals surface area contributed by atoms with Crippen molar-refractivity contribution in [1.82, 2.24) is 5.32 Å². The van der Waals surface area contributed by atoms with E-state index in [-0.39, 0.29) is 0 Å². The van der Waals surface area contributed by atoms with Crippen LogP contribution in [0.1, 0.15) is 30.7 Å². The normalized spacial score (nSPS) is 27.3. The van der Waals surface area contributed by atoms with Crippen LogP contribution in [0, 0.1) is 5.41 Å². The Morgan fingerprint density at radius 1 is 1.17 bits per heavy atom. The molecule has 18 heavy (non-hydrogen) atoms. The Morgan fingerprint density at radius 2 is 1.94 bits per heavy atom. The first kappa shape index (κ1) is 12.5. The lowest BCUT2D eigenvalue weighted by molar-refractivity contribution is -0.0134. The predicted octanol–water partition coefficient (Wildman–Crippen LogP) is 3.21. The van der Waals surface area contributed by atoms with Gasteiger partial charge >= 0.3 is 0 Å². The van der Waals surface area contributed by atoms with Crippen LogP contribution in [0.2, 0.25) is 5.02 Å². The Morgan fingerprint density at radius 3 is 2.72 bits per heavy atom. The summed E-state index contributed by atoms with van der Waals surface area (Å²) >= 11 is 6.40. The second-order valence-electron chi connectivity index (χ2n) is 5.50. The summed E-state index contributed by atoms with van der Waals surface area (Å²) in [5.74, 6) is 0.531. The minimum Gasteiger partial charge on any atom is -0.381 e. The van der Waals surface area contributed by atoms with Crippen LogP contribution in [0.5, 0.6) is 0 Å². The lowest BCUT2D eigenvalue weighted by Gasteiger charge is -2.47. The molecule has 1 unspecified atom stereocenters. The molecule has 0 aliphatic carbocycles. The summed E-state index contributed by atoms with van der Waals surface area (Å²) in [6, 6.07) is 8.32. The molecule has 2 saturated heterocycles. The summed E-state index contributed by atoms with van der Waals surface area (Å²) in [5.41, 5.74) is 1.71. The van der Waals surface area contributed by atoms with Gasteiger partial charge in [0, 0.05) is 30.7 Å². The number of benzene rings is 1. The number of hydrogen-bond acceptors (Lipinski definition) is 2. The van der Waals surface area contributed by atoms with Gasteiger partial charge in [-0.15, -0.1) is 0 Å². The zero-order valence-corrected chi connectivity index (χ0v) is 11.4. The molecule has 0 radical (unpaired) electrons. The van der Waals surface area contributed by atoms with Gasteiger partial charge in [0.15, 0.2) is 0 Å². The molecular formula is C15H20ClNO. The molecular weight excluding hydrogens is 246 g/mol. The van der Waals surface area contributed by atoms with Crippen molar-refractivity contribution in [1.29, 1.82) is 0 Å². The van der Waals surface area contributed by atoms with Gasteiger partial charge in [-0.05, 0) is 42.9 Å². The Hall–Kier alpha value is -0.570. The highest BCUT2D eigenvalue weighted by molar-refractivity contribution is 6.31. The summed E-state index contributed by atoms with van der Waals surface area (Å²) in [7, 11) is 0. The summed E-state index contributed by atoms with van der Waals surface area (Å²) in [5, 5.41) is 4.45. The van der Waals surface area contributed by atoms with E-state index in [0.29, 0.717) is 11.3 Å². The van der Waals surface area contributed by atoms with Gasteiger partial charge in [-0.2, -0.15) is 0 Å². The first-order valence-electron chi connectivity index (χ1n) is 6.85. The molecule has 98 valence electrons. The molecule has 0 aromatic heterocycles. The number of rotatable bonds is 1. The number of halogens is 1. The van der Waals surface area contributed by atoms with Crippen LogP contribution >= 0.6 is 11.6 Å². The third kappa shape index (κ3) is 2.18. The van der Waals surface area contributed by atoms with E-state index in [9.17, 15) is 0 Å². The van der Waals surface area contributed by atoms with Gasteiger partial charge in [-0.3, -0.25) is 0 Å². The Balaban J connectivity index is 1.94. The minimum atomic E-state index is 0.397. The highest BCUT2D eigenvalue weighted by Gasteiger charge is 2.42. The van der Waals surface area contributed by atoms with Crippen LogP contribution in [-0.4, -0.2) is 26.3 Å². The van der Waals surface area contributed by atoms with Crippen LogP contribution in [0.25, 0.3) is 0 Å². The van der Waals surface area contributed by atoms with E-state index in [1.807, 2.05) is 12.1 Å². The third-order valence-corrected chi connectivity index (χ3v) is 5.00. The van der Waals surface area contributed by atoms with E-state index in [2.05, 4.69) is 17.4 Å². The van der Waals surface area contributed by atoms with Gasteiger partial charge in [0.2, 0.25) is 0 Å². The van der Waals surface area contributed by atoms with Gasteiger partial charge in [0.05, 0.1) is 0 Å². The number of piperidine rings is 1. The molecule has 0 bridgehead atoms. The molecule has 2 aliphatic heterocycles. The fourth-order valence-electron chi connectivity index (χ4n) is 3.55. The van der Waals surface area contributed by atoms with Gasteiger partial charge in [-0.25, -0.2) is 0 Å². The Kier molecular flexibility index (Phi) is 3.60. The maximum atomic E-state index is 6.40. The topological polar surface area (TPSA) is 21.3 Å². The van der Waals surface area contributed by atoms with Gasteiger partial charge < -0.3 is 10.1 Å². The third-order valence-electron chi connectivity index (χ3n) is 4.66. The molecule has 0 saturated carbocycles. The lowest BCUT2D eigenvalue weighted by Crippen LogP contribution is -2.46. The molecule has 3 heteroatoms. The standard InChI is InChI=1S/C15H20ClNO/c16-14-4-2-1-3-12(14)13-11-17-8-5-15(13)6-9-18-10-7-15/h1-4,13,17H,5-11H2. The molecule has 1 spiro atoms. The van der Waals surface area contributed by atoms with E-state index in [1.165, 1.54) is 24.8 Å². The summed E-state index contributed by atoms with van der Waals surface area (Å²) < 4.78 is 5.56. The first-order valence-corrected chi connectivity index (χ1v) is 7.23. The van der Waals surface area contributed by atoms with E-state index >= 15 is 0 Å². The van der Waals surface area contributed by atoms with Crippen molar-refractivity contribution in [2.45, 2.75) is 25.2 Å². The Bertz CT molecular complexity index is 406. The van der Waals surface area contributed by atoms with Gasteiger partial charge in [0.25, 0.3) is 0 Å². The monoisotopic (exact) mass is 265 g/mol. The first-order chi connectivity index (χ1) is 8.82. The van der Waals surface area contributed by atoms with Crippen molar-refractivity contribution in [3.8, 4) is 0 Å². The highest BCUT2D eigenvalue weighted by atomic mass is 35.5. The summed E-state index contributed by atoms with van der Waals surface area (Å²) in [4.78, 5) is 0. The van der Waals surface area contributed by atoms with Crippen molar-refractivity contribution in [2.24, 2.45) is 5.41 Å². The predicted molar refractivity (Wildman–Crippen MR) is 74.2 cm³/mol. The van der Waals surface area contributed by atoms with Crippen molar-refractivity contribution < 1.29 is 4.74 Å². The second kappa shape index (κ2) is 5.20. The molecule has 1 atom stereocenters. The summed E-state index contributed by atoms with van der Waals surface area (Å²) in [6.45, 7) is 3.98. The molecule has 2 heterocycles. The molecule has 1 N–H and O–H groups in total. The van der Waals surface area contributed by atoms with Gasteiger partial charge in [0.1, 0.15) is 0 Å². The summed E-state index contributed by atoms with van der Waals surface area (Å²) in [6.07, 6.45) is 3.58. The minimum absolute atomic E-state index is 0.397. The number of hydrogen-bond donors (Lipinski definition) is 1. The van der Waals surface area contributed by atoms with Crippen molar-refractivity contribution in [2.75, 3.05) is 26.3 Å².